The van der Waals surface area contributed by atoms with E-state index in [9.17, 15) is 0 Å². The van der Waals surface area contributed by atoms with E-state index in [1.54, 1.807) is 0 Å². The van der Waals surface area contributed by atoms with Gasteiger partial charge in [0.15, 0.2) is 0 Å². The van der Waals surface area contributed by atoms with Crippen LogP contribution >= 0.6 is 0 Å². The zero-order chi connectivity index (χ0) is 20.8. The standard InChI is InChI=1S/C29H49/c1-7-22(20(2)3)12-11-21(4)25-15-16-26-24-14-13-23-10-8-9-18-28(23,5)27(24)17-19-29(25,26)6/h8,13,20-22,24-27H,7,9-12,14-19H2,1-6H3/t21-,22-,24+,25-,26+,27+,28+,29-/m1/s1. The summed E-state index contributed by atoms with van der Waals surface area (Å²) in [6, 6.07) is 0. The number of fused-ring (bicyclic) bond motifs is 5. The Morgan fingerprint density at radius 3 is 2.52 bits per heavy atom. The first-order valence-electron chi connectivity index (χ1n) is 13.3. The van der Waals surface area contributed by atoms with Crippen LogP contribution in [0.1, 0.15) is 112 Å². The third-order valence-corrected chi connectivity index (χ3v) is 11.1. The summed E-state index contributed by atoms with van der Waals surface area (Å²) in [6.45, 7) is 15.3. The molecule has 0 spiro atoms. The van der Waals surface area contributed by atoms with Gasteiger partial charge in [-0.25, -0.2) is 0 Å². The molecule has 3 saturated carbocycles. The minimum absolute atomic E-state index is 0.536. The molecule has 4 aliphatic carbocycles. The molecule has 0 aromatic carbocycles. The molecular weight excluding hydrogens is 348 g/mol. The predicted octanol–water partition coefficient (Wildman–Crippen LogP) is 8.87. The molecular formula is C29H49. The molecule has 3 fully saturated rings. The molecule has 4 aliphatic rings. The van der Waals surface area contributed by atoms with Crippen molar-refractivity contribution in [3.8, 4) is 0 Å². The van der Waals surface area contributed by atoms with Crippen LogP contribution in [-0.2, 0) is 0 Å². The normalized spacial score (nSPS) is 43.9. The van der Waals surface area contributed by atoms with Crippen molar-refractivity contribution in [1.29, 1.82) is 0 Å². The van der Waals surface area contributed by atoms with Gasteiger partial charge in [0.2, 0.25) is 0 Å². The SMILES string of the molecule is CC[C@H](CC[C@@H](C)[C@H]1CC[C@H]2[C@@H]3CC=C4C[CH]CC[C@]4(C)[C@H]3CC[C@]12C)C(C)C. The molecule has 8 atom stereocenters. The summed E-state index contributed by atoms with van der Waals surface area (Å²) in [6.07, 6.45) is 21.1. The van der Waals surface area contributed by atoms with E-state index < -0.39 is 0 Å². The molecule has 4 rings (SSSR count). The van der Waals surface area contributed by atoms with Gasteiger partial charge in [-0.1, -0.05) is 66.0 Å². The van der Waals surface area contributed by atoms with E-state index in [2.05, 4.69) is 54.0 Å². The molecule has 1 radical (unpaired) electrons. The monoisotopic (exact) mass is 397 g/mol. The van der Waals surface area contributed by atoms with Crippen LogP contribution in [0.3, 0.4) is 0 Å². The molecule has 29 heavy (non-hydrogen) atoms. The molecule has 0 saturated heterocycles. The van der Waals surface area contributed by atoms with Crippen molar-refractivity contribution in [1.82, 2.24) is 0 Å². The van der Waals surface area contributed by atoms with Crippen LogP contribution < -0.4 is 0 Å². The molecule has 165 valence electrons. The summed E-state index contributed by atoms with van der Waals surface area (Å²) in [5, 5.41) is 0. The van der Waals surface area contributed by atoms with Crippen molar-refractivity contribution in [3.63, 3.8) is 0 Å². The van der Waals surface area contributed by atoms with Crippen LogP contribution in [0, 0.1) is 58.7 Å². The van der Waals surface area contributed by atoms with Gasteiger partial charge in [0.25, 0.3) is 0 Å². The van der Waals surface area contributed by atoms with E-state index in [-0.39, 0.29) is 0 Å². The maximum atomic E-state index is 2.73. The summed E-state index contributed by atoms with van der Waals surface area (Å²) in [4.78, 5) is 0. The summed E-state index contributed by atoms with van der Waals surface area (Å²) in [5.41, 5.74) is 2.98. The Bertz CT molecular complexity index is 599. The Hall–Kier alpha value is -0.260. The van der Waals surface area contributed by atoms with Crippen LogP contribution in [0.5, 0.6) is 0 Å². The second-order valence-electron chi connectivity index (χ2n) is 12.5. The molecule has 0 aliphatic heterocycles. The number of rotatable bonds is 6. The topological polar surface area (TPSA) is 0 Å². The number of hydrogen-bond donors (Lipinski definition) is 0. The molecule has 0 aromatic rings. The number of hydrogen-bond acceptors (Lipinski definition) is 0. The smallest absolute Gasteiger partial charge is 0.00851 e. The second kappa shape index (κ2) is 8.35. The lowest BCUT2D eigenvalue weighted by molar-refractivity contribution is -0.0485. The average molecular weight is 398 g/mol. The maximum absolute atomic E-state index is 2.73. The number of allylic oxidation sites excluding steroid dienone is 2. The largest absolute Gasteiger partial charge is 0.0845 e. The molecule has 0 N–H and O–H groups in total. The van der Waals surface area contributed by atoms with E-state index in [1.807, 2.05) is 5.57 Å². The maximum Gasteiger partial charge on any atom is -0.00851 e. The third kappa shape index (κ3) is 3.67. The Kier molecular flexibility index (Phi) is 6.32. The highest BCUT2D eigenvalue weighted by Crippen LogP contribution is 2.67. The summed E-state index contributed by atoms with van der Waals surface area (Å²) < 4.78 is 0. The second-order valence-corrected chi connectivity index (χ2v) is 12.5. The van der Waals surface area contributed by atoms with Crippen LogP contribution in [-0.4, -0.2) is 0 Å². The van der Waals surface area contributed by atoms with Gasteiger partial charge >= 0.3 is 0 Å². The average Bonchev–Trinajstić information content (AvgIpc) is 3.05. The van der Waals surface area contributed by atoms with Gasteiger partial charge in [-0.2, -0.15) is 0 Å². The molecule has 0 heterocycles. The summed E-state index contributed by atoms with van der Waals surface area (Å²) >= 11 is 0. The summed E-state index contributed by atoms with van der Waals surface area (Å²) in [7, 11) is 0. The lowest BCUT2D eigenvalue weighted by Crippen LogP contribution is -2.50. The Morgan fingerprint density at radius 1 is 1.00 bits per heavy atom. The fourth-order valence-corrected chi connectivity index (χ4v) is 9.14. The van der Waals surface area contributed by atoms with Gasteiger partial charge in [0.05, 0.1) is 0 Å². The minimum Gasteiger partial charge on any atom is -0.0845 e. The van der Waals surface area contributed by atoms with E-state index >= 15 is 0 Å². The van der Waals surface area contributed by atoms with Crippen molar-refractivity contribution in [3.05, 3.63) is 18.1 Å². The Balaban J connectivity index is 1.47. The first-order valence-corrected chi connectivity index (χ1v) is 13.3. The van der Waals surface area contributed by atoms with Crippen molar-refractivity contribution in [2.24, 2.45) is 52.3 Å². The van der Waals surface area contributed by atoms with Crippen LogP contribution in [0.4, 0.5) is 0 Å². The van der Waals surface area contributed by atoms with Crippen molar-refractivity contribution < 1.29 is 0 Å². The quantitative estimate of drug-likeness (QED) is 0.392. The zero-order valence-corrected chi connectivity index (χ0v) is 20.5. The summed E-state index contributed by atoms with van der Waals surface area (Å²) in [5.74, 6) is 6.65. The fourth-order valence-electron chi connectivity index (χ4n) is 9.14. The molecule has 0 unspecified atom stereocenters. The first kappa shape index (κ1) is 22.0. The van der Waals surface area contributed by atoms with Gasteiger partial charge in [-0.15, -0.1) is 0 Å². The van der Waals surface area contributed by atoms with E-state index in [0.717, 1.165) is 41.4 Å². The van der Waals surface area contributed by atoms with E-state index in [0.29, 0.717) is 10.8 Å². The highest BCUT2D eigenvalue weighted by atomic mass is 14.6. The molecule has 0 amide bonds. The minimum atomic E-state index is 0.536. The van der Waals surface area contributed by atoms with Gasteiger partial charge < -0.3 is 0 Å². The van der Waals surface area contributed by atoms with Crippen molar-refractivity contribution in [2.45, 2.75) is 112 Å². The van der Waals surface area contributed by atoms with Crippen molar-refractivity contribution in [2.75, 3.05) is 0 Å². The fraction of sp³-hybridized carbons (Fsp3) is 0.897. The highest BCUT2D eigenvalue weighted by Gasteiger charge is 2.58. The van der Waals surface area contributed by atoms with Crippen LogP contribution in [0.15, 0.2) is 11.6 Å². The van der Waals surface area contributed by atoms with E-state index in [1.165, 1.54) is 70.6 Å². The van der Waals surface area contributed by atoms with Gasteiger partial charge in [-0.05, 0) is 116 Å². The van der Waals surface area contributed by atoms with Gasteiger partial charge in [0.1, 0.15) is 0 Å². The molecule has 0 aromatic heterocycles. The van der Waals surface area contributed by atoms with E-state index in [4.69, 9.17) is 0 Å². The Morgan fingerprint density at radius 2 is 1.79 bits per heavy atom. The third-order valence-electron chi connectivity index (χ3n) is 11.1. The highest BCUT2D eigenvalue weighted by molar-refractivity contribution is 5.26. The first-order chi connectivity index (χ1) is 13.8. The molecule has 0 nitrogen and oxygen atoms in total. The lowest BCUT2D eigenvalue weighted by atomic mass is 9.47. The Labute approximate surface area is 182 Å². The predicted molar refractivity (Wildman–Crippen MR) is 127 cm³/mol. The van der Waals surface area contributed by atoms with Gasteiger partial charge in [0, 0.05) is 0 Å². The lowest BCUT2D eigenvalue weighted by Gasteiger charge is -2.58. The molecule has 0 heteroatoms. The van der Waals surface area contributed by atoms with Crippen LogP contribution in [0.2, 0.25) is 0 Å². The van der Waals surface area contributed by atoms with Crippen molar-refractivity contribution >= 4 is 0 Å². The van der Waals surface area contributed by atoms with Gasteiger partial charge in [-0.3, -0.25) is 0 Å². The van der Waals surface area contributed by atoms with Crippen LogP contribution in [0.25, 0.3) is 0 Å². The molecule has 0 bridgehead atoms. The zero-order valence-electron chi connectivity index (χ0n) is 20.5.